The maximum atomic E-state index is 11.9. The normalized spacial score (nSPS) is 28.1. The maximum Gasteiger partial charge on any atom is 0.425 e. The molecule has 1 saturated heterocycles. The maximum absolute atomic E-state index is 11.9. The van der Waals surface area contributed by atoms with Gasteiger partial charge in [0, 0.05) is 0 Å². The highest BCUT2D eigenvalue weighted by Crippen LogP contribution is 2.45. The molecular weight excluding hydrogens is 218 g/mol. The highest BCUT2D eigenvalue weighted by molar-refractivity contribution is 5.68. The summed E-state index contributed by atoms with van der Waals surface area (Å²) in [6.07, 6.45) is 5.85. The Morgan fingerprint density at radius 1 is 1.59 bits per heavy atom. The topological polar surface area (TPSA) is 67.6 Å². The Morgan fingerprint density at radius 2 is 2.35 bits per heavy atom. The Bertz CT molecular complexity index is 273. The van der Waals surface area contributed by atoms with E-state index in [-0.39, 0.29) is 11.8 Å². The van der Waals surface area contributed by atoms with E-state index in [1.54, 1.807) is 0 Å². The van der Waals surface area contributed by atoms with Crippen molar-refractivity contribution in [3.8, 4) is 0 Å². The first-order chi connectivity index (χ1) is 8.20. The number of carbonyl (C=O) groups is 1. The van der Waals surface area contributed by atoms with E-state index < -0.39 is 0 Å². The van der Waals surface area contributed by atoms with Crippen molar-refractivity contribution in [3.63, 3.8) is 0 Å². The van der Waals surface area contributed by atoms with Crippen LogP contribution in [0.25, 0.3) is 0 Å². The number of rotatable bonds is 5. The third-order valence-corrected chi connectivity index (χ3v) is 3.77. The standard InChI is InChI=1S/C12H23N3O2/c1-2-3-9-17-11(16)15(13)12(10-5-6-10)7-4-8-14-12/h10,14H,2-9,13H2,1H3. The highest BCUT2D eigenvalue weighted by atomic mass is 16.6. The summed E-state index contributed by atoms with van der Waals surface area (Å²) in [6, 6.07) is 0. The van der Waals surface area contributed by atoms with Gasteiger partial charge in [-0.25, -0.2) is 15.6 Å². The van der Waals surface area contributed by atoms with Gasteiger partial charge >= 0.3 is 6.09 Å². The predicted octanol–water partition coefficient (Wildman–Crippen LogP) is 1.59. The van der Waals surface area contributed by atoms with Gasteiger partial charge in [0.25, 0.3) is 0 Å². The van der Waals surface area contributed by atoms with Crippen LogP contribution in [0.3, 0.4) is 0 Å². The van der Waals surface area contributed by atoms with Gasteiger partial charge in [0.05, 0.1) is 6.61 Å². The second-order valence-corrected chi connectivity index (χ2v) is 5.07. The smallest absolute Gasteiger partial charge is 0.425 e. The molecule has 1 aliphatic heterocycles. The minimum Gasteiger partial charge on any atom is -0.448 e. The molecule has 98 valence electrons. The summed E-state index contributed by atoms with van der Waals surface area (Å²) in [4.78, 5) is 11.9. The molecular formula is C12H23N3O2. The average Bonchev–Trinajstić information content (AvgIpc) is 3.08. The van der Waals surface area contributed by atoms with Crippen LogP contribution < -0.4 is 11.2 Å². The third kappa shape index (κ3) is 2.55. The number of ether oxygens (including phenoxy) is 1. The number of amides is 1. The van der Waals surface area contributed by atoms with Gasteiger partial charge in [-0.2, -0.15) is 0 Å². The molecule has 1 unspecified atom stereocenters. The summed E-state index contributed by atoms with van der Waals surface area (Å²) in [5, 5.41) is 4.72. The van der Waals surface area contributed by atoms with Gasteiger partial charge in [0.2, 0.25) is 0 Å². The molecule has 0 spiro atoms. The minimum absolute atomic E-state index is 0.330. The van der Waals surface area contributed by atoms with Crippen LogP contribution in [0.2, 0.25) is 0 Å². The summed E-state index contributed by atoms with van der Waals surface area (Å²) < 4.78 is 5.18. The van der Waals surface area contributed by atoms with Gasteiger partial charge in [-0.05, 0) is 44.6 Å². The zero-order valence-electron chi connectivity index (χ0n) is 10.6. The van der Waals surface area contributed by atoms with E-state index in [0.29, 0.717) is 12.5 Å². The van der Waals surface area contributed by atoms with Crippen LogP contribution in [-0.2, 0) is 4.74 Å². The van der Waals surface area contributed by atoms with Crippen molar-refractivity contribution in [3.05, 3.63) is 0 Å². The molecule has 1 heterocycles. The molecule has 0 bridgehead atoms. The summed E-state index contributed by atoms with van der Waals surface area (Å²) in [6.45, 7) is 3.47. The zero-order chi connectivity index (χ0) is 12.3. The van der Waals surface area contributed by atoms with E-state index in [0.717, 1.165) is 45.1 Å². The lowest BCUT2D eigenvalue weighted by molar-refractivity contribution is 0.0278. The number of hydrogen-bond donors (Lipinski definition) is 2. The fraction of sp³-hybridized carbons (Fsp3) is 0.917. The van der Waals surface area contributed by atoms with E-state index >= 15 is 0 Å². The molecule has 0 aromatic rings. The van der Waals surface area contributed by atoms with Crippen molar-refractivity contribution >= 4 is 6.09 Å². The molecule has 1 amide bonds. The van der Waals surface area contributed by atoms with Crippen molar-refractivity contribution in [2.24, 2.45) is 11.8 Å². The molecule has 3 N–H and O–H groups in total. The lowest BCUT2D eigenvalue weighted by atomic mass is 10.0. The summed E-state index contributed by atoms with van der Waals surface area (Å²) in [7, 11) is 0. The van der Waals surface area contributed by atoms with Crippen LogP contribution in [0.4, 0.5) is 4.79 Å². The Kier molecular flexibility index (Phi) is 3.89. The lowest BCUT2D eigenvalue weighted by Crippen LogP contribution is -2.62. The Hall–Kier alpha value is -0.810. The van der Waals surface area contributed by atoms with Crippen molar-refractivity contribution in [2.75, 3.05) is 13.2 Å². The largest absolute Gasteiger partial charge is 0.448 e. The summed E-state index contributed by atoms with van der Waals surface area (Å²) >= 11 is 0. The molecule has 0 aromatic carbocycles. The van der Waals surface area contributed by atoms with Crippen LogP contribution in [-0.4, -0.2) is 29.9 Å². The van der Waals surface area contributed by atoms with Gasteiger partial charge in [-0.3, -0.25) is 5.32 Å². The first-order valence-electron chi connectivity index (χ1n) is 6.67. The van der Waals surface area contributed by atoms with Crippen LogP contribution in [0, 0.1) is 5.92 Å². The first kappa shape index (κ1) is 12.6. The lowest BCUT2D eigenvalue weighted by Gasteiger charge is -2.37. The van der Waals surface area contributed by atoms with Crippen molar-refractivity contribution in [1.82, 2.24) is 10.3 Å². The molecule has 1 atom stereocenters. The van der Waals surface area contributed by atoms with E-state index in [1.165, 1.54) is 5.01 Å². The van der Waals surface area contributed by atoms with Crippen molar-refractivity contribution in [1.29, 1.82) is 0 Å². The molecule has 5 nitrogen and oxygen atoms in total. The Balaban J connectivity index is 1.92. The molecule has 2 fully saturated rings. The van der Waals surface area contributed by atoms with Crippen molar-refractivity contribution < 1.29 is 9.53 Å². The van der Waals surface area contributed by atoms with Crippen LogP contribution in [0.15, 0.2) is 0 Å². The monoisotopic (exact) mass is 241 g/mol. The van der Waals surface area contributed by atoms with Gasteiger partial charge in [0.1, 0.15) is 5.66 Å². The Morgan fingerprint density at radius 3 is 2.88 bits per heavy atom. The minimum atomic E-state index is -0.389. The predicted molar refractivity (Wildman–Crippen MR) is 65.0 cm³/mol. The molecule has 1 saturated carbocycles. The first-order valence-corrected chi connectivity index (χ1v) is 6.67. The highest BCUT2D eigenvalue weighted by Gasteiger charge is 2.52. The molecule has 0 aromatic heterocycles. The van der Waals surface area contributed by atoms with E-state index in [1.807, 2.05) is 0 Å². The number of unbranched alkanes of at least 4 members (excludes halogenated alkanes) is 1. The molecule has 5 heteroatoms. The number of carbonyl (C=O) groups excluding carboxylic acids is 1. The van der Waals surface area contributed by atoms with Crippen molar-refractivity contribution in [2.45, 2.75) is 51.1 Å². The number of hydrogen-bond acceptors (Lipinski definition) is 4. The van der Waals surface area contributed by atoms with Gasteiger partial charge in [-0.15, -0.1) is 0 Å². The van der Waals surface area contributed by atoms with E-state index in [2.05, 4.69) is 12.2 Å². The van der Waals surface area contributed by atoms with E-state index in [4.69, 9.17) is 10.6 Å². The van der Waals surface area contributed by atoms with Gasteiger partial charge in [-0.1, -0.05) is 13.3 Å². The summed E-state index contributed by atoms with van der Waals surface area (Å²) in [5.74, 6) is 6.49. The number of nitrogens with zero attached hydrogens (tertiary/aromatic N) is 1. The second-order valence-electron chi connectivity index (χ2n) is 5.07. The Labute approximate surface area is 103 Å². The van der Waals surface area contributed by atoms with Gasteiger partial charge in [0.15, 0.2) is 0 Å². The summed E-state index contributed by atoms with van der Waals surface area (Å²) in [5.41, 5.74) is -0.330. The molecule has 2 aliphatic rings. The van der Waals surface area contributed by atoms with Crippen LogP contribution in [0.1, 0.15) is 45.4 Å². The van der Waals surface area contributed by atoms with Gasteiger partial charge < -0.3 is 4.74 Å². The number of hydrazine groups is 1. The molecule has 17 heavy (non-hydrogen) atoms. The van der Waals surface area contributed by atoms with Crippen LogP contribution >= 0.6 is 0 Å². The van der Waals surface area contributed by atoms with E-state index in [9.17, 15) is 4.79 Å². The SMILES string of the molecule is CCCCOC(=O)N(N)C1(C2CC2)CCCN1. The quantitative estimate of drug-likeness (QED) is 0.332. The second kappa shape index (κ2) is 5.23. The molecule has 0 radical (unpaired) electrons. The number of nitrogens with one attached hydrogen (secondary N) is 1. The zero-order valence-corrected chi connectivity index (χ0v) is 10.6. The fourth-order valence-corrected chi connectivity index (χ4v) is 2.60. The average molecular weight is 241 g/mol. The fourth-order valence-electron chi connectivity index (χ4n) is 2.60. The molecule has 2 rings (SSSR count). The van der Waals surface area contributed by atoms with Crippen LogP contribution in [0.5, 0.6) is 0 Å². The number of nitrogens with two attached hydrogens (primary N) is 1. The third-order valence-electron chi connectivity index (χ3n) is 3.77. The molecule has 1 aliphatic carbocycles.